The summed E-state index contributed by atoms with van der Waals surface area (Å²) in [5.41, 5.74) is 3.25. The van der Waals surface area contributed by atoms with Gasteiger partial charge in [0.25, 0.3) is 5.91 Å². The summed E-state index contributed by atoms with van der Waals surface area (Å²) < 4.78 is 30.3. The smallest absolute Gasteiger partial charge is 0.387 e. The lowest BCUT2D eigenvalue weighted by atomic mass is 10.2. The summed E-state index contributed by atoms with van der Waals surface area (Å²) in [6, 6.07) is 12.6. The Balaban J connectivity index is 1.71. The Kier molecular flexibility index (Phi) is 5.41. The molecule has 3 aromatic rings. The van der Waals surface area contributed by atoms with Crippen molar-refractivity contribution in [1.82, 2.24) is 9.78 Å². The molecule has 0 unspecified atom stereocenters. The van der Waals surface area contributed by atoms with Gasteiger partial charge in [0, 0.05) is 11.3 Å². The molecule has 0 atom stereocenters. The number of benzene rings is 2. The van der Waals surface area contributed by atoms with Crippen LogP contribution in [0.2, 0.25) is 5.02 Å². The molecule has 1 amide bonds. The van der Waals surface area contributed by atoms with E-state index in [1.807, 2.05) is 13.8 Å². The largest absolute Gasteiger partial charge is 0.435 e. The van der Waals surface area contributed by atoms with Crippen LogP contribution in [0.5, 0.6) is 5.75 Å². The zero-order valence-corrected chi connectivity index (χ0v) is 15.3. The van der Waals surface area contributed by atoms with E-state index in [1.165, 1.54) is 24.3 Å². The predicted molar refractivity (Wildman–Crippen MR) is 99.1 cm³/mol. The predicted octanol–water partition coefficient (Wildman–Crippen LogP) is 5.00. The summed E-state index contributed by atoms with van der Waals surface area (Å²) in [4.78, 5) is 12.3. The van der Waals surface area contributed by atoms with E-state index < -0.39 is 6.61 Å². The Hall–Kier alpha value is -2.93. The van der Waals surface area contributed by atoms with E-state index in [9.17, 15) is 13.6 Å². The molecule has 140 valence electrons. The monoisotopic (exact) mass is 391 g/mol. The molecule has 3 rings (SSSR count). The highest BCUT2D eigenvalue weighted by Crippen LogP contribution is 2.23. The lowest BCUT2D eigenvalue weighted by Gasteiger charge is -2.09. The maximum absolute atomic E-state index is 12.3. The molecule has 27 heavy (non-hydrogen) atoms. The first-order valence-electron chi connectivity index (χ1n) is 8.03. The Morgan fingerprint density at radius 3 is 2.26 bits per heavy atom. The number of carbonyl (C=O) groups is 1. The Morgan fingerprint density at radius 1 is 1.11 bits per heavy atom. The van der Waals surface area contributed by atoms with Crippen LogP contribution < -0.4 is 10.1 Å². The lowest BCUT2D eigenvalue weighted by Crippen LogP contribution is -2.12. The average Bonchev–Trinajstić information content (AvgIpc) is 2.90. The van der Waals surface area contributed by atoms with Gasteiger partial charge in [-0.25, -0.2) is 4.68 Å². The summed E-state index contributed by atoms with van der Waals surface area (Å²) in [5, 5.41) is 7.67. The SMILES string of the molecule is Cc1nn(-c2ccc(C(=O)Nc3ccc(OC(F)F)cc3)cc2)c(C)c1Cl. The number of aryl methyl sites for hydroxylation is 1. The number of hydrogen-bond acceptors (Lipinski definition) is 3. The van der Waals surface area contributed by atoms with Crippen molar-refractivity contribution < 1.29 is 18.3 Å². The van der Waals surface area contributed by atoms with E-state index in [2.05, 4.69) is 15.2 Å². The van der Waals surface area contributed by atoms with Gasteiger partial charge >= 0.3 is 6.61 Å². The maximum atomic E-state index is 12.3. The molecule has 0 bridgehead atoms. The van der Waals surface area contributed by atoms with E-state index in [0.717, 1.165) is 17.1 Å². The van der Waals surface area contributed by atoms with Crippen LogP contribution in [-0.2, 0) is 0 Å². The first kappa shape index (κ1) is 18.8. The Labute approximate surface area is 159 Å². The molecule has 0 aliphatic carbocycles. The molecular weight excluding hydrogens is 376 g/mol. The van der Waals surface area contributed by atoms with Gasteiger partial charge in [-0.2, -0.15) is 13.9 Å². The topological polar surface area (TPSA) is 56.2 Å². The second-order valence-electron chi connectivity index (χ2n) is 5.80. The Morgan fingerprint density at radius 2 is 1.74 bits per heavy atom. The average molecular weight is 392 g/mol. The van der Waals surface area contributed by atoms with Crippen molar-refractivity contribution in [3.63, 3.8) is 0 Å². The summed E-state index contributed by atoms with van der Waals surface area (Å²) in [6.45, 7) is 0.802. The third-order valence-corrected chi connectivity index (χ3v) is 4.46. The standard InChI is InChI=1S/C19H16ClF2N3O2/c1-11-17(20)12(2)25(24-11)15-7-3-13(4-8-15)18(26)23-14-5-9-16(10-6-14)27-19(21)22/h3-10,19H,1-2H3,(H,23,26). The zero-order chi connectivity index (χ0) is 19.6. The van der Waals surface area contributed by atoms with Gasteiger partial charge < -0.3 is 10.1 Å². The number of nitrogens with zero attached hydrogens (tertiary/aromatic N) is 2. The molecule has 0 spiro atoms. The quantitative estimate of drug-likeness (QED) is 0.666. The molecule has 0 aliphatic heterocycles. The van der Waals surface area contributed by atoms with Crippen LogP contribution in [0, 0.1) is 13.8 Å². The van der Waals surface area contributed by atoms with E-state index in [0.29, 0.717) is 16.3 Å². The molecule has 2 aromatic carbocycles. The van der Waals surface area contributed by atoms with Gasteiger partial charge in [-0.05, 0) is 62.4 Å². The van der Waals surface area contributed by atoms with Crippen LogP contribution >= 0.6 is 11.6 Å². The van der Waals surface area contributed by atoms with Gasteiger partial charge in [0.1, 0.15) is 5.75 Å². The Bertz CT molecular complexity index is 954. The van der Waals surface area contributed by atoms with Gasteiger partial charge in [0.05, 0.1) is 22.1 Å². The number of halogens is 3. The van der Waals surface area contributed by atoms with Crippen LogP contribution in [0.25, 0.3) is 5.69 Å². The van der Waals surface area contributed by atoms with Crippen LogP contribution in [0.4, 0.5) is 14.5 Å². The molecule has 0 saturated carbocycles. The van der Waals surface area contributed by atoms with Crippen LogP contribution in [0.3, 0.4) is 0 Å². The highest BCUT2D eigenvalue weighted by molar-refractivity contribution is 6.31. The molecule has 1 N–H and O–H groups in total. The number of carbonyl (C=O) groups excluding carboxylic acids is 1. The normalized spacial score (nSPS) is 10.9. The van der Waals surface area contributed by atoms with Crippen molar-refractivity contribution in [2.24, 2.45) is 0 Å². The first-order valence-corrected chi connectivity index (χ1v) is 8.41. The number of hydrogen-bond donors (Lipinski definition) is 1. The number of anilines is 1. The molecule has 8 heteroatoms. The van der Waals surface area contributed by atoms with Crippen molar-refractivity contribution in [3.8, 4) is 11.4 Å². The molecular formula is C19H16ClF2N3O2. The van der Waals surface area contributed by atoms with Crippen molar-refractivity contribution in [1.29, 1.82) is 0 Å². The fourth-order valence-corrected chi connectivity index (χ4v) is 2.67. The van der Waals surface area contributed by atoms with E-state index in [1.54, 1.807) is 28.9 Å². The highest BCUT2D eigenvalue weighted by atomic mass is 35.5. The minimum Gasteiger partial charge on any atom is -0.435 e. The van der Waals surface area contributed by atoms with Crippen molar-refractivity contribution in [3.05, 3.63) is 70.5 Å². The van der Waals surface area contributed by atoms with E-state index in [4.69, 9.17) is 11.6 Å². The second kappa shape index (κ2) is 7.75. The first-order chi connectivity index (χ1) is 12.8. The summed E-state index contributed by atoms with van der Waals surface area (Å²) in [6.07, 6.45) is 0. The molecule has 1 aromatic heterocycles. The molecule has 5 nitrogen and oxygen atoms in total. The minimum atomic E-state index is -2.89. The molecule has 0 fully saturated rings. The van der Waals surface area contributed by atoms with Crippen molar-refractivity contribution >= 4 is 23.2 Å². The molecule has 0 aliphatic rings. The van der Waals surface area contributed by atoms with Gasteiger partial charge in [-0.15, -0.1) is 0 Å². The maximum Gasteiger partial charge on any atom is 0.387 e. The highest BCUT2D eigenvalue weighted by Gasteiger charge is 2.12. The van der Waals surface area contributed by atoms with Gasteiger partial charge in [0.2, 0.25) is 0 Å². The van der Waals surface area contributed by atoms with E-state index >= 15 is 0 Å². The lowest BCUT2D eigenvalue weighted by molar-refractivity contribution is -0.0498. The fraction of sp³-hybridized carbons (Fsp3) is 0.158. The fourth-order valence-electron chi connectivity index (χ4n) is 2.55. The molecule has 0 radical (unpaired) electrons. The number of nitrogens with one attached hydrogen (secondary N) is 1. The summed E-state index contributed by atoms with van der Waals surface area (Å²) >= 11 is 6.16. The van der Waals surface area contributed by atoms with Crippen molar-refractivity contribution in [2.45, 2.75) is 20.5 Å². The van der Waals surface area contributed by atoms with Crippen LogP contribution in [0.1, 0.15) is 21.7 Å². The number of alkyl halides is 2. The van der Waals surface area contributed by atoms with Crippen molar-refractivity contribution in [2.75, 3.05) is 5.32 Å². The summed E-state index contributed by atoms with van der Waals surface area (Å²) in [7, 11) is 0. The number of amides is 1. The second-order valence-corrected chi connectivity index (χ2v) is 6.18. The molecule has 0 saturated heterocycles. The minimum absolute atomic E-state index is 0.0240. The number of ether oxygens (including phenoxy) is 1. The van der Waals surface area contributed by atoms with Crippen LogP contribution in [-0.4, -0.2) is 22.3 Å². The van der Waals surface area contributed by atoms with Gasteiger partial charge in [0.15, 0.2) is 0 Å². The van der Waals surface area contributed by atoms with E-state index in [-0.39, 0.29) is 11.7 Å². The van der Waals surface area contributed by atoms with Gasteiger partial charge in [-0.1, -0.05) is 11.6 Å². The third kappa shape index (κ3) is 4.25. The van der Waals surface area contributed by atoms with Crippen LogP contribution in [0.15, 0.2) is 48.5 Å². The number of aromatic nitrogens is 2. The van der Waals surface area contributed by atoms with Gasteiger partial charge in [-0.3, -0.25) is 4.79 Å². The summed E-state index contributed by atoms with van der Waals surface area (Å²) in [5.74, 6) is -0.300. The number of rotatable bonds is 5. The molecule has 1 heterocycles. The third-order valence-electron chi connectivity index (χ3n) is 3.91. The zero-order valence-electron chi connectivity index (χ0n) is 14.5.